The number of likely N-dealkylation sites (N-methyl/N-ethyl adjacent to an activating group) is 1. The largest absolute Gasteiger partial charge is 0.492 e. The van der Waals surface area contributed by atoms with E-state index in [9.17, 15) is 0 Å². The van der Waals surface area contributed by atoms with Crippen molar-refractivity contribution in [3.63, 3.8) is 0 Å². The second kappa shape index (κ2) is 12.1. The Balaban J connectivity index is 0.00000312. The van der Waals surface area contributed by atoms with Crippen LogP contribution in [-0.2, 0) is 4.74 Å². The summed E-state index contributed by atoms with van der Waals surface area (Å²) in [5.41, 5.74) is 2.71. The molecule has 0 radical (unpaired) electrons. The van der Waals surface area contributed by atoms with Crippen molar-refractivity contribution in [2.45, 2.75) is 19.8 Å². The van der Waals surface area contributed by atoms with E-state index in [0.29, 0.717) is 6.61 Å². The highest BCUT2D eigenvalue weighted by Gasteiger charge is 2.07. The maximum absolute atomic E-state index is 5.78. The Morgan fingerprint density at radius 3 is 2.72 bits per heavy atom. The van der Waals surface area contributed by atoms with E-state index in [1.165, 1.54) is 11.1 Å². The number of aryl methyl sites for hydroxylation is 1. The summed E-state index contributed by atoms with van der Waals surface area (Å²) in [4.78, 5) is 6.43. The van der Waals surface area contributed by atoms with Gasteiger partial charge in [-0.2, -0.15) is 0 Å². The van der Waals surface area contributed by atoms with Crippen molar-refractivity contribution >= 4 is 29.9 Å². The van der Waals surface area contributed by atoms with E-state index in [4.69, 9.17) is 9.47 Å². The van der Waals surface area contributed by atoms with Crippen molar-refractivity contribution in [3.05, 3.63) is 41.5 Å². The van der Waals surface area contributed by atoms with Crippen LogP contribution in [0.3, 0.4) is 0 Å². The predicted molar refractivity (Wildman–Crippen MR) is 114 cm³/mol. The zero-order valence-electron chi connectivity index (χ0n) is 15.5. The summed E-state index contributed by atoms with van der Waals surface area (Å²) in [6.45, 7) is 5.97. The van der Waals surface area contributed by atoms with Crippen molar-refractivity contribution in [2.24, 2.45) is 4.99 Å². The van der Waals surface area contributed by atoms with Crippen LogP contribution in [0.1, 0.15) is 18.4 Å². The van der Waals surface area contributed by atoms with Crippen molar-refractivity contribution in [2.75, 3.05) is 47.0 Å². The minimum atomic E-state index is 0. The van der Waals surface area contributed by atoms with Gasteiger partial charge in [-0.25, -0.2) is 0 Å². The molecule has 0 bridgehead atoms. The molecule has 1 aliphatic heterocycles. The molecule has 0 spiro atoms. The summed E-state index contributed by atoms with van der Waals surface area (Å²) in [7, 11) is 3.84. The Morgan fingerprint density at radius 1 is 1.32 bits per heavy atom. The van der Waals surface area contributed by atoms with Crippen LogP contribution in [0.5, 0.6) is 5.75 Å². The maximum atomic E-state index is 5.78. The topological polar surface area (TPSA) is 46.1 Å². The number of nitrogens with one attached hydrogen (secondary N) is 1. The van der Waals surface area contributed by atoms with Crippen LogP contribution in [0.25, 0.3) is 0 Å². The van der Waals surface area contributed by atoms with Crippen LogP contribution in [-0.4, -0.2) is 57.9 Å². The van der Waals surface area contributed by atoms with E-state index in [2.05, 4.69) is 40.3 Å². The molecule has 25 heavy (non-hydrogen) atoms. The zero-order valence-corrected chi connectivity index (χ0v) is 17.8. The molecule has 6 heteroatoms. The fourth-order valence-corrected chi connectivity index (χ4v) is 2.55. The van der Waals surface area contributed by atoms with Crippen LogP contribution >= 0.6 is 24.0 Å². The Bertz CT molecular complexity index is 558. The molecule has 0 atom stereocenters. The SMILES string of the molecule is CN=C(NCCC1=CCOCC1)N(C)CCOc1ccc(C)cc1.I. The van der Waals surface area contributed by atoms with E-state index < -0.39 is 0 Å². The normalized spacial score (nSPS) is 14.4. The third-order valence-corrected chi connectivity index (χ3v) is 4.08. The number of hydrogen-bond acceptors (Lipinski definition) is 3. The second-order valence-electron chi connectivity index (χ2n) is 5.99. The van der Waals surface area contributed by atoms with Crippen molar-refractivity contribution < 1.29 is 9.47 Å². The number of rotatable bonds is 7. The van der Waals surface area contributed by atoms with Gasteiger partial charge in [0.15, 0.2) is 5.96 Å². The first-order valence-electron chi connectivity index (χ1n) is 8.56. The third-order valence-electron chi connectivity index (χ3n) is 4.08. The molecular weight excluding hydrogens is 429 g/mol. The van der Waals surface area contributed by atoms with Gasteiger partial charge < -0.3 is 19.7 Å². The lowest BCUT2D eigenvalue weighted by molar-refractivity contribution is 0.153. The predicted octanol–water partition coefficient (Wildman–Crippen LogP) is 3.24. The Hall–Kier alpha value is -1.28. The first-order chi connectivity index (χ1) is 11.7. The first-order valence-corrected chi connectivity index (χ1v) is 8.56. The second-order valence-corrected chi connectivity index (χ2v) is 5.99. The fraction of sp³-hybridized carbons (Fsp3) is 0.526. The summed E-state index contributed by atoms with van der Waals surface area (Å²) in [6, 6.07) is 8.13. The van der Waals surface area contributed by atoms with E-state index in [1.807, 2.05) is 26.2 Å². The standard InChI is InChI=1S/C19H29N3O2.HI/c1-16-4-6-18(7-5-16)24-15-12-22(3)19(20-2)21-11-8-17-9-13-23-14-10-17;/h4-7,9H,8,10-15H2,1-3H3,(H,20,21);1H. The van der Waals surface area contributed by atoms with Crippen LogP contribution in [0, 0.1) is 6.92 Å². The number of benzene rings is 1. The van der Waals surface area contributed by atoms with Gasteiger partial charge in [-0.3, -0.25) is 4.99 Å². The van der Waals surface area contributed by atoms with E-state index in [-0.39, 0.29) is 24.0 Å². The molecule has 0 saturated carbocycles. The van der Waals surface area contributed by atoms with Gasteiger partial charge in [-0.15, -0.1) is 24.0 Å². The summed E-state index contributed by atoms with van der Waals surface area (Å²) < 4.78 is 11.1. The molecular formula is C19H30IN3O2. The van der Waals surface area contributed by atoms with Crippen molar-refractivity contribution in [3.8, 4) is 5.75 Å². The van der Waals surface area contributed by atoms with Gasteiger partial charge in [0.1, 0.15) is 12.4 Å². The highest BCUT2D eigenvalue weighted by molar-refractivity contribution is 14.0. The van der Waals surface area contributed by atoms with Crippen LogP contribution in [0.4, 0.5) is 0 Å². The molecule has 0 unspecified atom stereocenters. The molecule has 0 fully saturated rings. The molecule has 1 N–H and O–H groups in total. The number of guanidine groups is 1. The zero-order chi connectivity index (χ0) is 17.2. The molecule has 0 saturated heterocycles. The van der Waals surface area contributed by atoms with E-state index in [0.717, 1.165) is 50.9 Å². The van der Waals surface area contributed by atoms with Gasteiger partial charge in [0.25, 0.3) is 0 Å². The summed E-state index contributed by atoms with van der Waals surface area (Å²) >= 11 is 0. The molecule has 0 aliphatic carbocycles. The molecule has 0 amide bonds. The number of halogens is 1. The van der Waals surface area contributed by atoms with Crippen LogP contribution in [0.15, 0.2) is 40.9 Å². The number of ether oxygens (including phenoxy) is 2. The molecule has 140 valence electrons. The molecule has 1 aliphatic rings. The molecule has 1 heterocycles. The van der Waals surface area contributed by atoms with Crippen LogP contribution < -0.4 is 10.1 Å². The molecule has 1 aromatic rings. The summed E-state index contributed by atoms with van der Waals surface area (Å²) in [5, 5.41) is 3.41. The van der Waals surface area contributed by atoms with Gasteiger partial charge in [0.2, 0.25) is 0 Å². The average Bonchev–Trinajstić information content (AvgIpc) is 2.61. The lowest BCUT2D eigenvalue weighted by Gasteiger charge is -2.22. The highest BCUT2D eigenvalue weighted by Crippen LogP contribution is 2.12. The maximum Gasteiger partial charge on any atom is 0.193 e. The van der Waals surface area contributed by atoms with E-state index >= 15 is 0 Å². The van der Waals surface area contributed by atoms with Gasteiger partial charge in [-0.05, 0) is 31.9 Å². The van der Waals surface area contributed by atoms with Crippen molar-refractivity contribution in [1.29, 1.82) is 0 Å². The minimum Gasteiger partial charge on any atom is -0.492 e. The summed E-state index contributed by atoms with van der Waals surface area (Å²) in [6.07, 6.45) is 4.27. The van der Waals surface area contributed by atoms with Gasteiger partial charge in [0.05, 0.1) is 19.8 Å². The monoisotopic (exact) mass is 459 g/mol. The number of hydrogen-bond donors (Lipinski definition) is 1. The molecule has 0 aromatic heterocycles. The number of nitrogens with zero attached hydrogens (tertiary/aromatic N) is 2. The van der Waals surface area contributed by atoms with Crippen LogP contribution in [0.2, 0.25) is 0 Å². The summed E-state index contributed by atoms with van der Waals surface area (Å²) in [5.74, 6) is 1.80. The van der Waals surface area contributed by atoms with Gasteiger partial charge in [0, 0.05) is 20.6 Å². The average molecular weight is 459 g/mol. The van der Waals surface area contributed by atoms with Gasteiger partial charge in [-0.1, -0.05) is 29.3 Å². The molecule has 2 rings (SSSR count). The third kappa shape index (κ3) is 8.09. The molecule has 5 nitrogen and oxygen atoms in total. The minimum absolute atomic E-state index is 0. The van der Waals surface area contributed by atoms with E-state index in [1.54, 1.807) is 0 Å². The highest BCUT2D eigenvalue weighted by atomic mass is 127. The first kappa shape index (κ1) is 21.8. The molecule has 1 aromatic carbocycles. The Morgan fingerprint density at radius 2 is 2.08 bits per heavy atom. The van der Waals surface area contributed by atoms with Gasteiger partial charge >= 0.3 is 0 Å². The smallest absolute Gasteiger partial charge is 0.193 e. The quantitative estimate of drug-likeness (QED) is 0.295. The lowest BCUT2D eigenvalue weighted by Crippen LogP contribution is -2.41. The van der Waals surface area contributed by atoms with Crippen molar-refractivity contribution in [1.82, 2.24) is 10.2 Å². The Kier molecular flexibility index (Phi) is 10.6. The fourth-order valence-electron chi connectivity index (χ4n) is 2.55. The number of aliphatic imine (C=N–C) groups is 1. The lowest BCUT2D eigenvalue weighted by atomic mass is 10.1. The Labute approximate surface area is 168 Å².